The van der Waals surface area contributed by atoms with Gasteiger partial charge in [0, 0.05) is 61.9 Å². The van der Waals surface area contributed by atoms with E-state index in [-0.39, 0.29) is 11.2 Å². The number of unbranched alkanes of at least 4 members (excludes halogenated alkanes) is 11. The van der Waals surface area contributed by atoms with Crippen molar-refractivity contribution in [2.75, 3.05) is 52.7 Å². The van der Waals surface area contributed by atoms with Crippen LogP contribution >= 0.6 is 12.2 Å². The zero-order chi connectivity index (χ0) is 36.4. The van der Waals surface area contributed by atoms with Crippen molar-refractivity contribution in [1.82, 2.24) is 5.32 Å². The van der Waals surface area contributed by atoms with Crippen LogP contribution in [-0.4, -0.2) is 43.9 Å². The molecule has 0 bridgehead atoms. The summed E-state index contributed by atoms with van der Waals surface area (Å²) >= 11 is 5.94. The van der Waals surface area contributed by atoms with Gasteiger partial charge in [0.2, 0.25) is 0 Å². The molecule has 0 atom stereocenters. The summed E-state index contributed by atoms with van der Waals surface area (Å²) in [7, 11) is 0. The summed E-state index contributed by atoms with van der Waals surface area (Å²) in [5, 5.41) is 6.20. The summed E-state index contributed by atoms with van der Waals surface area (Å²) in [6.07, 6.45) is 15.6. The van der Waals surface area contributed by atoms with Crippen molar-refractivity contribution in [2.24, 2.45) is 0 Å². The maximum absolute atomic E-state index is 12.5. The molecule has 278 valence electrons. The fourth-order valence-corrected chi connectivity index (χ4v) is 6.94. The first kappa shape index (κ1) is 39.8. The molecule has 9 heteroatoms. The average Bonchev–Trinajstić information content (AvgIpc) is 3.14. The lowest BCUT2D eigenvalue weighted by molar-refractivity contribution is 0.252. The van der Waals surface area contributed by atoms with Crippen molar-refractivity contribution in [3.8, 4) is 17.2 Å². The number of fused-ring (bicyclic) bond motifs is 2. The van der Waals surface area contributed by atoms with Crippen LogP contribution in [0.3, 0.4) is 0 Å². The molecule has 0 saturated carbocycles. The van der Waals surface area contributed by atoms with Gasteiger partial charge in [-0.25, -0.2) is 4.79 Å². The Labute approximate surface area is 312 Å². The third-order valence-electron chi connectivity index (χ3n) is 9.66. The van der Waals surface area contributed by atoms with Crippen molar-refractivity contribution < 1.29 is 14.3 Å². The number of nitrogens with one attached hydrogen (secondary N) is 2. The normalized spacial score (nSPS) is 11.7. The summed E-state index contributed by atoms with van der Waals surface area (Å²) in [5.41, 5.74) is 4.52. The van der Waals surface area contributed by atoms with E-state index in [0.717, 1.165) is 73.3 Å². The molecule has 3 aromatic rings. The Morgan fingerprint density at radius 2 is 1.14 bits per heavy atom. The third kappa shape index (κ3) is 11.8. The number of carbonyl (C=O) groups is 1. The minimum absolute atomic E-state index is 0.197. The SMILES string of the molecule is CCCCCCCCCCCCCCNC(=O)Nc1ccc(OC(=S)N2c3ccc(N(CC)CC)cc3Oc3cc(N(CC)CC)ccc32)cc1. The number of hydrogen-bond donors (Lipinski definition) is 2. The number of ether oxygens (including phenoxy) is 2. The van der Waals surface area contributed by atoms with Crippen LogP contribution < -0.4 is 34.8 Å². The van der Waals surface area contributed by atoms with E-state index in [1.807, 2.05) is 41.3 Å². The molecule has 4 rings (SSSR count). The number of carbonyl (C=O) groups excluding carboxylic acids is 1. The molecular formula is C42H61N5O3S. The van der Waals surface area contributed by atoms with Gasteiger partial charge in [-0.2, -0.15) is 0 Å². The number of anilines is 5. The minimum Gasteiger partial charge on any atom is -0.453 e. The maximum Gasteiger partial charge on any atom is 0.319 e. The Morgan fingerprint density at radius 3 is 1.61 bits per heavy atom. The largest absolute Gasteiger partial charge is 0.453 e. The van der Waals surface area contributed by atoms with Crippen molar-refractivity contribution in [3.63, 3.8) is 0 Å². The smallest absolute Gasteiger partial charge is 0.319 e. The zero-order valence-electron chi connectivity index (χ0n) is 31.8. The number of nitrogens with zero attached hydrogens (tertiary/aromatic N) is 3. The molecule has 0 radical (unpaired) electrons. The molecule has 0 aromatic heterocycles. The summed E-state index contributed by atoms with van der Waals surface area (Å²) in [6, 6.07) is 19.5. The van der Waals surface area contributed by atoms with Gasteiger partial charge in [0.25, 0.3) is 5.17 Å². The maximum atomic E-state index is 12.5. The van der Waals surface area contributed by atoms with Crippen LogP contribution in [0.15, 0.2) is 60.7 Å². The topological polar surface area (TPSA) is 69.3 Å². The molecule has 8 nitrogen and oxygen atoms in total. The summed E-state index contributed by atoms with van der Waals surface area (Å²) in [5.74, 6) is 2.03. The first-order valence-corrected chi connectivity index (χ1v) is 20.0. The Morgan fingerprint density at radius 1 is 0.667 bits per heavy atom. The van der Waals surface area contributed by atoms with Gasteiger partial charge in [0.05, 0.1) is 11.4 Å². The van der Waals surface area contributed by atoms with Crippen LogP contribution in [0.25, 0.3) is 0 Å². The lowest BCUT2D eigenvalue weighted by Gasteiger charge is -2.34. The van der Waals surface area contributed by atoms with E-state index in [1.165, 1.54) is 64.2 Å². The van der Waals surface area contributed by atoms with E-state index in [2.05, 4.69) is 79.3 Å². The molecule has 2 amide bonds. The highest BCUT2D eigenvalue weighted by molar-refractivity contribution is 7.80. The second kappa shape index (κ2) is 21.4. The monoisotopic (exact) mass is 715 g/mol. The highest BCUT2D eigenvalue weighted by Crippen LogP contribution is 2.49. The molecule has 1 heterocycles. The predicted octanol–water partition coefficient (Wildman–Crippen LogP) is 11.8. The number of thiocarbonyl (C=S) groups is 1. The molecule has 0 fully saturated rings. The molecule has 3 aromatic carbocycles. The van der Waals surface area contributed by atoms with Crippen molar-refractivity contribution in [3.05, 3.63) is 60.7 Å². The summed E-state index contributed by atoms with van der Waals surface area (Å²) in [4.78, 5) is 19.1. The van der Waals surface area contributed by atoms with Crippen LogP contribution in [0.2, 0.25) is 0 Å². The predicted molar refractivity (Wildman–Crippen MR) is 220 cm³/mol. The number of urea groups is 1. The van der Waals surface area contributed by atoms with Gasteiger partial charge in [-0.05, 0) is 94.9 Å². The first-order chi connectivity index (χ1) is 24.9. The van der Waals surface area contributed by atoms with E-state index in [0.29, 0.717) is 18.0 Å². The van der Waals surface area contributed by atoms with Crippen LogP contribution in [-0.2, 0) is 0 Å². The molecule has 0 saturated heterocycles. The van der Waals surface area contributed by atoms with E-state index in [4.69, 9.17) is 21.7 Å². The van der Waals surface area contributed by atoms with Crippen LogP contribution in [0.4, 0.5) is 33.2 Å². The molecule has 51 heavy (non-hydrogen) atoms. The molecule has 2 N–H and O–H groups in total. The molecule has 0 aliphatic carbocycles. The zero-order valence-corrected chi connectivity index (χ0v) is 32.6. The van der Waals surface area contributed by atoms with E-state index in [1.54, 1.807) is 0 Å². The van der Waals surface area contributed by atoms with Gasteiger partial charge in [-0.3, -0.25) is 4.90 Å². The highest BCUT2D eigenvalue weighted by atomic mass is 32.1. The van der Waals surface area contributed by atoms with Crippen molar-refractivity contribution in [2.45, 2.75) is 112 Å². The molecular weight excluding hydrogens is 655 g/mol. The summed E-state index contributed by atoms with van der Waals surface area (Å²) in [6.45, 7) is 15.1. The van der Waals surface area contributed by atoms with Gasteiger partial charge in [-0.1, -0.05) is 77.6 Å². The number of benzene rings is 3. The van der Waals surface area contributed by atoms with Gasteiger partial charge in [0.1, 0.15) is 5.75 Å². The molecule has 0 unspecified atom stereocenters. The van der Waals surface area contributed by atoms with Crippen LogP contribution in [0.1, 0.15) is 112 Å². The van der Waals surface area contributed by atoms with Gasteiger partial charge in [0.15, 0.2) is 11.5 Å². The van der Waals surface area contributed by atoms with Crippen molar-refractivity contribution in [1.29, 1.82) is 0 Å². The average molecular weight is 716 g/mol. The quantitative estimate of drug-likeness (QED) is 0.0840. The van der Waals surface area contributed by atoms with E-state index in [9.17, 15) is 4.79 Å². The van der Waals surface area contributed by atoms with Crippen LogP contribution in [0.5, 0.6) is 17.2 Å². The Bertz CT molecular complexity index is 1450. The minimum atomic E-state index is -0.197. The lowest BCUT2D eigenvalue weighted by Crippen LogP contribution is -2.32. The number of rotatable bonds is 21. The molecule has 0 spiro atoms. The summed E-state index contributed by atoms with van der Waals surface area (Å²) < 4.78 is 12.8. The third-order valence-corrected chi connectivity index (χ3v) is 9.93. The van der Waals surface area contributed by atoms with Crippen LogP contribution in [0, 0.1) is 0 Å². The number of hydrogen-bond acceptors (Lipinski definition) is 6. The fraction of sp³-hybridized carbons (Fsp3) is 0.524. The number of amides is 2. The van der Waals surface area contributed by atoms with Gasteiger partial charge in [-0.15, -0.1) is 0 Å². The second-order valence-electron chi connectivity index (χ2n) is 13.2. The second-order valence-corrected chi connectivity index (χ2v) is 13.6. The first-order valence-electron chi connectivity index (χ1n) is 19.5. The Balaban J connectivity index is 1.30. The Kier molecular flexibility index (Phi) is 16.7. The van der Waals surface area contributed by atoms with Gasteiger partial charge < -0.3 is 29.9 Å². The molecule has 1 aliphatic rings. The van der Waals surface area contributed by atoms with E-state index >= 15 is 0 Å². The molecule has 1 aliphatic heterocycles. The standard InChI is InChI=1S/C42H61N5O3S/c1-6-11-12-13-14-15-16-17-18-19-20-21-30-43-41(48)44-33-22-26-36(27-23-33)49-42(51)47-37-28-24-34(45(7-2)8-3)31-39(37)50-40-32-35(25-29-38(40)47)46(9-4)10-5/h22-29,31-32H,6-21,30H2,1-5H3,(H2,43,44,48). The van der Waals surface area contributed by atoms with Crippen molar-refractivity contribution >= 4 is 51.9 Å². The highest BCUT2D eigenvalue weighted by Gasteiger charge is 2.30. The van der Waals surface area contributed by atoms with E-state index < -0.39 is 0 Å². The van der Waals surface area contributed by atoms with Gasteiger partial charge >= 0.3 is 6.03 Å². The fourth-order valence-electron chi connectivity index (χ4n) is 6.65. The lowest BCUT2D eigenvalue weighted by atomic mass is 10.1. The Hall–Kier alpha value is -3.98.